The summed E-state index contributed by atoms with van der Waals surface area (Å²) in [5.41, 5.74) is 7.35. The Balaban J connectivity index is 2.63. The predicted octanol–water partition coefficient (Wildman–Crippen LogP) is 2.05. The van der Waals surface area contributed by atoms with Crippen LogP contribution >= 0.6 is 0 Å². The molecule has 4 nitrogen and oxygen atoms in total. The molecule has 0 saturated carbocycles. The molecule has 0 fully saturated rings. The Kier molecular flexibility index (Phi) is 2.58. The van der Waals surface area contributed by atoms with Crippen molar-refractivity contribution in [3.05, 3.63) is 46.4 Å². The van der Waals surface area contributed by atoms with Gasteiger partial charge in [0.15, 0.2) is 0 Å². The van der Waals surface area contributed by atoms with Gasteiger partial charge in [0.05, 0.1) is 11.4 Å². The van der Waals surface area contributed by atoms with Gasteiger partial charge in [-0.2, -0.15) is 0 Å². The minimum atomic E-state index is -0.193. The summed E-state index contributed by atoms with van der Waals surface area (Å²) in [5, 5.41) is 3.09. The van der Waals surface area contributed by atoms with E-state index in [-0.39, 0.29) is 11.0 Å². The van der Waals surface area contributed by atoms with Crippen LogP contribution in [-0.4, -0.2) is 9.78 Å². The monoisotopic (exact) mass is 231 g/mol. The first-order valence-corrected chi connectivity index (χ1v) is 5.57. The van der Waals surface area contributed by atoms with Crippen molar-refractivity contribution in [2.45, 2.75) is 26.2 Å². The largest absolute Gasteiger partial charge is 0.393 e. The van der Waals surface area contributed by atoms with E-state index in [1.54, 1.807) is 0 Å². The standard InChI is InChI=1S/C13H17N3O/c1-13(2,3)11-10(14)12(17)16(15-11)9-7-5-4-6-8-9/h4-8,15H,14H2,1-3H3. The molecule has 0 aliphatic rings. The van der Waals surface area contributed by atoms with Crippen LogP contribution < -0.4 is 11.3 Å². The highest BCUT2D eigenvalue weighted by atomic mass is 16.1. The molecule has 0 atom stereocenters. The summed E-state index contributed by atoms with van der Waals surface area (Å²) in [6.45, 7) is 6.05. The number of H-pyrrole nitrogens is 1. The van der Waals surface area contributed by atoms with E-state index in [0.717, 1.165) is 11.4 Å². The van der Waals surface area contributed by atoms with E-state index in [1.807, 2.05) is 51.1 Å². The van der Waals surface area contributed by atoms with Crippen LogP contribution in [0.25, 0.3) is 5.69 Å². The van der Waals surface area contributed by atoms with Crippen molar-refractivity contribution >= 4 is 5.69 Å². The molecule has 2 rings (SSSR count). The highest BCUT2D eigenvalue weighted by Crippen LogP contribution is 2.24. The molecule has 90 valence electrons. The number of nitrogens with zero attached hydrogens (tertiary/aromatic N) is 1. The number of nitrogens with two attached hydrogens (primary N) is 1. The summed E-state index contributed by atoms with van der Waals surface area (Å²) >= 11 is 0. The van der Waals surface area contributed by atoms with E-state index in [9.17, 15) is 4.79 Å². The highest BCUT2D eigenvalue weighted by Gasteiger charge is 2.23. The Hall–Kier alpha value is -1.97. The van der Waals surface area contributed by atoms with Crippen LogP contribution in [0.4, 0.5) is 5.69 Å². The summed E-state index contributed by atoms with van der Waals surface area (Å²) in [6.07, 6.45) is 0. The van der Waals surface area contributed by atoms with Gasteiger partial charge in [-0.05, 0) is 12.1 Å². The molecule has 0 unspecified atom stereocenters. The number of hydrogen-bond acceptors (Lipinski definition) is 2. The van der Waals surface area contributed by atoms with Gasteiger partial charge < -0.3 is 5.73 Å². The average molecular weight is 231 g/mol. The minimum absolute atomic E-state index is 0.177. The molecule has 0 spiro atoms. The van der Waals surface area contributed by atoms with Crippen molar-refractivity contribution in [3.8, 4) is 5.69 Å². The fourth-order valence-corrected chi connectivity index (χ4v) is 1.78. The number of benzene rings is 1. The number of anilines is 1. The van der Waals surface area contributed by atoms with Crippen molar-refractivity contribution in [2.24, 2.45) is 0 Å². The lowest BCUT2D eigenvalue weighted by Gasteiger charge is -2.16. The van der Waals surface area contributed by atoms with Crippen LogP contribution in [0.2, 0.25) is 0 Å². The fourth-order valence-electron chi connectivity index (χ4n) is 1.78. The molecule has 4 heteroatoms. The summed E-state index contributed by atoms with van der Waals surface area (Å²) < 4.78 is 1.48. The molecule has 3 N–H and O–H groups in total. The Morgan fingerprint density at radius 2 is 1.76 bits per heavy atom. The van der Waals surface area contributed by atoms with E-state index < -0.39 is 0 Å². The van der Waals surface area contributed by atoms with Gasteiger partial charge in [-0.1, -0.05) is 39.0 Å². The Morgan fingerprint density at radius 3 is 2.24 bits per heavy atom. The van der Waals surface area contributed by atoms with Crippen LogP contribution in [0.3, 0.4) is 0 Å². The van der Waals surface area contributed by atoms with Gasteiger partial charge in [0.2, 0.25) is 0 Å². The lowest BCUT2D eigenvalue weighted by Crippen LogP contribution is -2.17. The third-order valence-electron chi connectivity index (χ3n) is 2.69. The zero-order valence-corrected chi connectivity index (χ0v) is 10.3. The number of hydrogen-bond donors (Lipinski definition) is 2. The highest BCUT2D eigenvalue weighted by molar-refractivity contribution is 5.47. The van der Waals surface area contributed by atoms with Crippen molar-refractivity contribution in [3.63, 3.8) is 0 Å². The zero-order chi connectivity index (χ0) is 12.6. The molecule has 0 bridgehead atoms. The SMILES string of the molecule is CC(C)(C)c1[nH]n(-c2ccccc2)c(=O)c1N. The summed E-state index contributed by atoms with van der Waals surface area (Å²) in [5.74, 6) is 0. The summed E-state index contributed by atoms with van der Waals surface area (Å²) in [6, 6.07) is 9.41. The quantitative estimate of drug-likeness (QED) is 0.789. The van der Waals surface area contributed by atoms with Crippen molar-refractivity contribution in [1.82, 2.24) is 9.78 Å². The van der Waals surface area contributed by atoms with Gasteiger partial charge in [0.1, 0.15) is 5.69 Å². The molecule has 2 aromatic rings. The Labute approximate surface area is 100 Å². The van der Waals surface area contributed by atoms with Crippen LogP contribution in [0.5, 0.6) is 0 Å². The van der Waals surface area contributed by atoms with Gasteiger partial charge in [-0.15, -0.1) is 0 Å². The van der Waals surface area contributed by atoms with Crippen LogP contribution in [0, 0.1) is 0 Å². The van der Waals surface area contributed by atoms with Crippen molar-refractivity contribution in [2.75, 3.05) is 5.73 Å². The van der Waals surface area contributed by atoms with E-state index >= 15 is 0 Å². The second-order valence-corrected chi connectivity index (χ2v) is 5.13. The fraction of sp³-hybridized carbons (Fsp3) is 0.308. The molecule has 1 aromatic carbocycles. The van der Waals surface area contributed by atoms with Gasteiger partial charge in [0.25, 0.3) is 5.56 Å². The lowest BCUT2D eigenvalue weighted by molar-refractivity contribution is 0.562. The van der Waals surface area contributed by atoms with E-state index in [2.05, 4.69) is 5.10 Å². The maximum absolute atomic E-state index is 12.0. The van der Waals surface area contributed by atoms with Crippen molar-refractivity contribution < 1.29 is 0 Å². The zero-order valence-electron chi connectivity index (χ0n) is 10.3. The van der Waals surface area contributed by atoms with E-state index in [0.29, 0.717) is 5.69 Å². The third-order valence-corrected chi connectivity index (χ3v) is 2.69. The molecule has 0 aliphatic heterocycles. The molecule has 0 saturated heterocycles. The Morgan fingerprint density at radius 1 is 1.18 bits per heavy atom. The van der Waals surface area contributed by atoms with Crippen molar-refractivity contribution in [1.29, 1.82) is 0 Å². The van der Waals surface area contributed by atoms with E-state index in [4.69, 9.17) is 5.73 Å². The first-order chi connectivity index (χ1) is 7.91. The van der Waals surface area contributed by atoms with E-state index in [1.165, 1.54) is 4.68 Å². The first kappa shape index (κ1) is 11.5. The minimum Gasteiger partial charge on any atom is -0.393 e. The van der Waals surface area contributed by atoms with Gasteiger partial charge >= 0.3 is 0 Å². The predicted molar refractivity (Wildman–Crippen MR) is 69.5 cm³/mol. The molecule has 17 heavy (non-hydrogen) atoms. The van der Waals surface area contributed by atoms with Crippen LogP contribution in [0.1, 0.15) is 26.5 Å². The second-order valence-electron chi connectivity index (χ2n) is 5.13. The average Bonchev–Trinajstić information content (AvgIpc) is 2.57. The number of para-hydroxylation sites is 1. The lowest BCUT2D eigenvalue weighted by atomic mass is 9.91. The maximum Gasteiger partial charge on any atom is 0.294 e. The molecular formula is C13H17N3O. The van der Waals surface area contributed by atoms with Gasteiger partial charge in [0, 0.05) is 5.41 Å². The molecule has 0 radical (unpaired) electrons. The number of aromatic amines is 1. The third kappa shape index (κ3) is 1.98. The van der Waals surface area contributed by atoms with Gasteiger partial charge in [-0.3, -0.25) is 9.89 Å². The topological polar surface area (TPSA) is 63.8 Å². The maximum atomic E-state index is 12.0. The Bertz CT molecular complexity index is 573. The number of nitrogens with one attached hydrogen (secondary N) is 1. The smallest absolute Gasteiger partial charge is 0.294 e. The number of nitrogen functional groups attached to an aromatic ring is 1. The van der Waals surface area contributed by atoms with Gasteiger partial charge in [-0.25, -0.2) is 4.68 Å². The molecule has 0 aliphatic carbocycles. The number of aromatic nitrogens is 2. The molecule has 1 heterocycles. The first-order valence-electron chi connectivity index (χ1n) is 5.57. The normalized spacial score (nSPS) is 11.7. The summed E-state index contributed by atoms with van der Waals surface area (Å²) in [7, 11) is 0. The number of rotatable bonds is 1. The van der Waals surface area contributed by atoms with Crippen LogP contribution in [0.15, 0.2) is 35.1 Å². The summed E-state index contributed by atoms with van der Waals surface area (Å²) in [4.78, 5) is 12.0. The molecule has 1 aromatic heterocycles. The molecular weight excluding hydrogens is 214 g/mol. The molecule has 0 amide bonds. The van der Waals surface area contributed by atoms with Crippen LogP contribution in [-0.2, 0) is 5.41 Å². The second kappa shape index (κ2) is 3.80.